The van der Waals surface area contributed by atoms with E-state index >= 15 is 0 Å². The van der Waals surface area contributed by atoms with Crippen molar-refractivity contribution in [3.8, 4) is 0 Å². The molecule has 0 spiro atoms. The summed E-state index contributed by atoms with van der Waals surface area (Å²) in [6, 6.07) is 21.0. The van der Waals surface area contributed by atoms with E-state index in [4.69, 9.17) is 14.3 Å². The minimum atomic E-state index is -2.61. The Morgan fingerprint density at radius 2 is 1.59 bits per heavy atom. The normalized spacial score (nSPS) is 20.6. The zero-order chi connectivity index (χ0) is 19.5. The van der Waals surface area contributed by atoms with E-state index in [9.17, 15) is 4.79 Å². The lowest BCUT2D eigenvalue weighted by Crippen LogP contribution is -2.67. The monoisotopic (exact) mass is 384 g/mol. The van der Waals surface area contributed by atoms with E-state index in [0.717, 1.165) is 0 Å². The SMILES string of the molecule is CC(C)(C)[Si](O[C@H]1CO[C@H](CC(=O)O)C1)(c1ccccc1)c1ccccc1. The van der Waals surface area contributed by atoms with Gasteiger partial charge in [-0.3, -0.25) is 4.79 Å². The molecular weight excluding hydrogens is 356 g/mol. The van der Waals surface area contributed by atoms with Crippen LogP contribution < -0.4 is 10.4 Å². The van der Waals surface area contributed by atoms with Crippen LogP contribution in [0, 0.1) is 0 Å². The molecule has 0 aliphatic carbocycles. The molecule has 0 radical (unpaired) electrons. The fourth-order valence-electron chi connectivity index (χ4n) is 4.03. The highest BCUT2D eigenvalue weighted by Gasteiger charge is 2.52. The molecule has 1 fully saturated rings. The molecule has 3 rings (SSSR count). The van der Waals surface area contributed by atoms with Gasteiger partial charge in [-0.1, -0.05) is 81.4 Å². The average Bonchev–Trinajstić information content (AvgIpc) is 3.06. The molecule has 2 aromatic carbocycles. The highest BCUT2D eigenvalue weighted by Crippen LogP contribution is 2.38. The summed E-state index contributed by atoms with van der Waals surface area (Å²) < 4.78 is 12.7. The number of ether oxygens (including phenoxy) is 1. The van der Waals surface area contributed by atoms with E-state index in [-0.39, 0.29) is 23.7 Å². The van der Waals surface area contributed by atoms with Crippen molar-refractivity contribution in [2.75, 3.05) is 6.61 Å². The Kier molecular flexibility index (Phi) is 5.84. The molecule has 0 bridgehead atoms. The van der Waals surface area contributed by atoms with E-state index < -0.39 is 14.3 Å². The molecule has 144 valence electrons. The molecule has 27 heavy (non-hydrogen) atoms. The Bertz CT molecular complexity index is 715. The third-order valence-electron chi connectivity index (χ3n) is 5.21. The van der Waals surface area contributed by atoms with Gasteiger partial charge >= 0.3 is 5.97 Å². The zero-order valence-corrected chi connectivity index (χ0v) is 17.2. The number of rotatable bonds is 6. The van der Waals surface area contributed by atoms with Gasteiger partial charge in [0.25, 0.3) is 8.32 Å². The van der Waals surface area contributed by atoms with Crippen molar-refractivity contribution in [3.05, 3.63) is 60.7 Å². The van der Waals surface area contributed by atoms with Gasteiger partial charge in [0.1, 0.15) is 0 Å². The molecule has 2 atom stereocenters. The van der Waals surface area contributed by atoms with Crippen LogP contribution in [0.3, 0.4) is 0 Å². The summed E-state index contributed by atoms with van der Waals surface area (Å²) in [5.41, 5.74) is 0. The molecule has 5 heteroatoms. The number of aliphatic carboxylic acids is 1. The van der Waals surface area contributed by atoms with Crippen LogP contribution in [-0.4, -0.2) is 38.2 Å². The fourth-order valence-corrected chi connectivity index (χ4v) is 8.71. The maximum absolute atomic E-state index is 11.0. The lowest BCUT2D eigenvalue weighted by molar-refractivity contribution is -0.139. The lowest BCUT2D eigenvalue weighted by Gasteiger charge is -2.44. The van der Waals surface area contributed by atoms with Gasteiger partial charge in [0.05, 0.1) is 25.2 Å². The number of benzene rings is 2. The van der Waals surface area contributed by atoms with Crippen LogP contribution in [0.2, 0.25) is 5.04 Å². The Labute approximate surface area is 162 Å². The van der Waals surface area contributed by atoms with Crippen molar-refractivity contribution in [2.45, 2.75) is 50.9 Å². The number of carbonyl (C=O) groups is 1. The summed E-state index contributed by atoms with van der Waals surface area (Å²) in [6.07, 6.45) is 0.281. The number of carboxylic acids is 1. The Morgan fingerprint density at radius 1 is 1.07 bits per heavy atom. The van der Waals surface area contributed by atoms with Gasteiger partial charge in [-0.05, 0) is 15.4 Å². The summed E-state index contributed by atoms with van der Waals surface area (Å²) in [4.78, 5) is 11.0. The second-order valence-corrected chi connectivity index (χ2v) is 12.4. The Hall–Kier alpha value is -1.95. The smallest absolute Gasteiger partial charge is 0.305 e. The van der Waals surface area contributed by atoms with E-state index in [1.807, 2.05) is 12.1 Å². The van der Waals surface area contributed by atoms with Crippen LogP contribution >= 0.6 is 0 Å². The number of hydrogen-bond acceptors (Lipinski definition) is 3. The third kappa shape index (κ3) is 4.15. The van der Waals surface area contributed by atoms with Gasteiger partial charge in [0, 0.05) is 6.42 Å². The minimum absolute atomic E-state index is 0.0284. The molecule has 2 aromatic rings. The first-order valence-corrected chi connectivity index (χ1v) is 11.4. The third-order valence-corrected chi connectivity index (χ3v) is 10.3. The van der Waals surface area contributed by atoms with Crippen LogP contribution in [0.4, 0.5) is 0 Å². The van der Waals surface area contributed by atoms with Crippen molar-refractivity contribution >= 4 is 24.7 Å². The second kappa shape index (κ2) is 7.96. The molecule has 1 N–H and O–H groups in total. The van der Waals surface area contributed by atoms with Crippen LogP contribution in [-0.2, 0) is 14.0 Å². The molecule has 1 heterocycles. The maximum Gasteiger partial charge on any atom is 0.305 e. The van der Waals surface area contributed by atoms with E-state index in [0.29, 0.717) is 13.0 Å². The predicted molar refractivity (Wildman–Crippen MR) is 109 cm³/mol. The Balaban J connectivity index is 2.01. The van der Waals surface area contributed by atoms with Gasteiger partial charge in [-0.25, -0.2) is 0 Å². The summed E-state index contributed by atoms with van der Waals surface area (Å²) in [5.74, 6) is -0.828. The van der Waals surface area contributed by atoms with Crippen LogP contribution in [0.25, 0.3) is 0 Å². The first kappa shape index (κ1) is 19.8. The first-order valence-electron chi connectivity index (χ1n) is 9.45. The predicted octanol–water partition coefficient (Wildman–Crippen LogP) is 3.20. The quantitative estimate of drug-likeness (QED) is 0.777. The van der Waals surface area contributed by atoms with Crippen LogP contribution in [0.1, 0.15) is 33.6 Å². The van der Waals surface area contributed by atoms with Crippen LogP contribution in [0.5, 0.6) is 0 Å². The van der Waals surface area contributed by atoms with E-state index in [2.05, 4.69) is 69.3 Å². The van der Waals surface area contributed by atoms with Gasteiger partial charge < -0.3 is 14.3 Å². The molecular formula is C22H28O4Si. The van der Waals surface area contributed by atoms with Crippen molar-refractivity contribution in [1.82, 2.24) is 0 Å². The Morgan fingerprint density at radius 3 is 2.04 bits per heavy atom. The topological polar surface area (TPSA) is 55.8 Å². The molecule has 0 unspecified atom stereocenters. The molecule has 1 saturated heterocycles. The van der Waals surface area contributed by atoms with E-state index in [1.165, 1.54) is 10.4 Å². The van der Waals surface area contributed by atoms with Crippen molar-refractivity contribution in [2.24, 2.45) is 0 Å². The standard InChI is InChI=1S/C22H28O4Si/c1-22(2,3)27(19-10-6-4-7-11-19,20-12-8-5-9-13-20)26-18-14-17(25-16-18)15-21(23)24/h4-13,17-18H,14-16H2,1-3H3,(H,23,24)/t17-,18+/m0/s1. The van der Waals surface area contributed by atoms with Crippen molar-refractivity contribution < 1.29 is 19.1 Å². The lowest BCUT2D eigenvalue weighted by atomic mass is 10.1. The first-order chi connectivity index (χ1) is 12.8. The summed E-state index contributed by atoms with van der Waals surface area (Å²) in [7, 11) is -2.61. The minimum Gasteiger partial charge on any atom is -0.481 e. The highest BCUT2D eigenvalue weighted by atomic mass is 28.4. The van der Waals surface area contributed by atoms with Crippen molar-refractivity contribution in [1.29, 1.82) is 0 Å². The zero-order valence-electron chi connectivity index (χ0n) is 16.2. The van der Waals surface area contributed by atoms with Gasteiger partial charge in [0.2, 0.25) is 0 Å². The number of hydrogen-bond donors (Lipinski definition) is 1. The molecule has 0 aromatic heterocycles. The fraction of sp³-hybridized carbons (Fsp3) is 0.409. The average molecular weight is 385 g/mol. The van der Waals surface area contributed by atoms with Crippen molar-refractivity contribution in [3.63, 3.8) is 0 Å². The van der Waals surface area contributed by atoms with Crippen LogP contribution in [0.15, 0.2) is 60.7 Å². The molecule has 1 aliphatic rings. The molecule has 0 amide bonds. The molecule has 1 aliphatic heterocycles. The number of carboxylic acid groups (broad SMARTS) is 1. The summed E-state index contributed by atoms with van der Waals surface area (Å²) in [5, 5.41) is 11.4. The van der Waals surface area contributed by atoms with Gasteiger partial charge in [0.15, 0.2) is 0 Å². The maximum atomic E-state index is 11.0. The largest absolute Gasteiger partial charge is 0.481 e. The molecule has 0 saturated carbocycles. The summed E-state index contributed by atoms with van der Waals surface area (Å²) >= 11 is 0. The molecule has 4 nitrogen and oxygen atoms in total. The van der Waals surface area contributed by atoms with E-state index in [1.54, 1.807) is 0 Å². The van der Waals surface area contributed by atoms with Gasteiger partial charge in [-0.15, -0.1) is 0 Å². The summed E-state index contributed by atoms with van der Waals surface area (Å²) in [6.45, 7) is 7.17. The second-order valence-electron chi connectivity index (χ2n) is 8.19. The highest BCUT2D eigenvalue weighted by molar-refractivity contribution is 6.99. The van der Waals surface area contributed by atoms with Gasteiger partial charge in [-0.2, -0.15) is 0 Å².